The molecule has 0 radical (unpaired) electrons. The number of phenols is 1. The van der Waals surface area contributed by atoms with Crippen molar-refractivity contribution >= 4 is 0 Å². The van der Waals surface area contributed by atoms with E-state index in [4.69, 9.17) is 5.11 Å². The first-order chi connectivity index (χ1) is 5.63. The topological polar surface area (TPSA) is 20.2 Å². The number of para-hydroxylation sites is 1. The van der Waals surface area contributed by atoms with Crippen molar-refractivity contribution in [1.82, 2.24) is 0 Å². The molecule has 1 aromatic rings. The third-order valence-corrected chi connectivity index (χ3v) is 1.46. The van der Waals surface area contributed by atoms with Crippen LogP contribution in [0.15, 0.2) is 24.3 Å². The van der Waals surface area contributed by atoms with Gasteiger partial charge >= 0.3 is 0 Å². The van der Waals surface area contributed by atoms with Crippen LogP contribution in [0.3, 0.4) is 0 Å². The number of halogens is 3. The van der Waals surface area contributed by atoms with E-state index in [2.05, 4.69) is 0 Å². The Balaban J connectivity index is 2.94. The lowest BCUT2D eigenvalue weighted by Gasteiger charge is -2.08. The van der Waals surface area contributed by atoms with Crippen LogP contribution in [0, 0.1) is 0 Å². The maximum atomic E-state index is 12.6. The van der Waals surface area contributed by atoms with Gasteiger partial charge in [0.05, 0.1) is 0 Å². The van der Waals surface area contributed by atoms with Crippen LogP contribution >= 0.6 is 0 Å². The summed E-state index contributed by atoms with van der Waals surface area (Å²) in [5, 5.41) is 8.96. The Morgan fingerprint density at radius 3 is 2.17 bits per heavy atom. The van der Waals surface area contributed by atoms with Gasteiger partial charge in [0.1, 0.15) is 5.75 Å². The summed E-state index contributed by atoms with van der Waals surface area (Å²) < 4.78 is 36.2. The van der Waals surface area contributed by atoms with Crippen molar-refractivity contribution in [2.45, 2.75) is 12.6 Å². The Morgan fingerprint density at radius 1 is 1.08 bits per heavy atom. The Labute approximate surface area is 67.5 Å². The fourth-order valence-electron chi connectivity index (χ4n) is 0.856. The average Bonchev–Trinajstić information content (AvgIpc) is 2.04. The summed E-state index contributed by atoms with van der Waals surface area (Å²) in [6.45, 7) is 0. The molecule has 1 unspecified atom stereocenters. The van der Waals surface area contributed by atoms with Crippen molar-refractivity contribution < 1.29 is 18.3 Å². The quantitative estimate of drug-likeness (QED) is 0.734. The van der Waals surface area contributed by atoms with E-state index in [0.717, 1.165) is 6.07 Å². The Morgan fingerprint density at radius 2 is 1.67 bits per heavy atom. The fraction of sp³-hybridized carbons (Fsp3) is 0.250. The van der Waals surface area contributed by atoms with E-state index in [1.54, 1.807) is 0 Å². The number of hydrogen-bond donors (Lipinski definition) is 1. The van der Waals surface area contributed by atoms with Crippen molar-refractivity contribution in [1.29, 1.82) is 0 Å². The lowest BCUT2D eigenvalue weighted by Crippen LogP contribution is -2.02. The predicted molar refractivity (Wildman–Crippen MR) is 38.0 cm³/mol. The van der Waals surface area contributed by atoms with Gasteiger partial charge in [-0.25, -0.2) is 13.2 Å². The number of rotatable bonds is 2. The van der Waals surface area contributed by atoms with Crippen LogP contribution in [0.25, 0.3) is 0 Å². The Kier molecular flexibility index (Phi) is 2.58. The van der Waals surface area contributed by atoms with Gasteiger partial charge in [-0.15, -0.1) is 0 Å². The molecule has 0 aliphatic carbocycles. The van der Waals surface area contributed by atoms with E-state index in [1.165, 1.54) is 18.2 Å². The van der Waals surface area contributed by atoms with Gasteiger partial charge in [-0.3, -0.25) is 0 Å². The van der Waals surface area contributed by atoms with Crippen molar-refractivity contribution in [3.63, 3.8) is 0 Å². The van der Waals surface area contributed by atoms with E-state index < -0.39 is 18.3 Å². The molecule has 1 nitrogen and oxygen atoms in total. The fourth-order valence-corrected chi connectivity index (χ4v) is 0.856. The highest BCUT2D eigenvalue weighted by Crippen LogP contribution is 2.30. The molecule has 1 rings (SSSR count). The Bertz CT molecular complexity index is 262. The number of aromatic hydroxyl groups is 1. The largest absolute Gasteiger partial charge is 0.508 e. The summed E-state index contributed by atoms with van der Waals surface area (Å²) in [5.74, 6) is -0.440. The maximum Gasteiger partial charge on any atom is 0.273 e. The molecule has 4 heteroatoms. The van der Waals surface area contributed by atoms with Gasteiger partial charge in [0.25, 0.3) is 6.43 Å². The standard InChI is InChI=1S/C8H7F3O/c9-7(8(10)11)5-3-1-2-4-6(5)12/h1-4,7-8,12H. The van der Waals surface area contributed by atoms with Crippen LogP contribution in [0.4, 0.5) is 13.2 Å². The molecule has 12 heavy (non-hydrogen) atoms. The molecule has 1 N–H and O–H groups in total. The number of hydrogen-bond acceptors (Lipinski definition) is 1. The molecule has 66 valence electrons. The van der Waals surface area contributed by atoms with Crippen molar-refractivity contribution in [2.24, 2.45) is 0 Å². The minimum Gasteiger partial charge on any atom is -0.508 e. The van der Waals surface area contributed by atoms with Crippen LogP contribution in [0.5, 0.6) is 5.75 Å². The molecule has 0 saturated heterocycles. The van der Waals surface area contributed by atoms with Crippen LogP contribution in [0.2, 0.25) is 0 Å². The van der Waals surface area contributed by atoms with Crippen LogP contribution in [0.1, 0.15) is 11.7 Å². The molecule has 0 heterocycles. The molecule has 0 bridgehead atoms. The third-order valence-electron chi connectivity index (χ3n) is 1.46. The third kappa shape index (κ3) is 1.69. The number of phenolic OH excluding ortho intramolecular Hbond substituents is 1. The highest BCUT2D eigenvalue weighted by atomic mass is 19.3. The van der Waals surface area contributed by atoms with Crippen LogP contribution in [-0.2, 0) is 0 Å². The lowest BCUT2D eigenvalue weighted by atomic mass is 10.1. The normalized spacial score (nSPS) is 13.3. The van der Waals surface area contributed by atoms with E-state index in [9.17, 15) is 13.2 Å². The molecule has 0 amide bonds. The van der Waals surface area contributed by atoms with Gasteiger partial charge in [-0.2, -0.15) is 0 Å². The smallest absolute Gasteiger partial charge is 0.273 e. The van der Waals surface area contributed by atoms with Gasteiger partial charge in [-0.1, -0.05) is 18.2 Å². The molecule has 0 aromatic heterocycles. The lowest BCUT2D eigenvalue weighted by molar-refractivity contribution is 0.0482. The first kappa shape index (κ1) is 8.90. The van der Waals surface area contributed by atoms with Gasteiger partial charge in [0.2, 0.25) is 0 Å². The SMILES string of the molecule is Oc1ccccc1C(F)C(F)F. The summed E-state index contributed by atoms with van der Waals surface area (Å²) in [4.78, 5) is 0. The molecule has 0 aliphatic rings. The Hall–Kier alpha value is -1.19. The maximum absolute atomic E-state index is 12.6. The number of benzene rings is 1. The van der Waals surface area contributed by atoms with Crippen LogP contribution in [-0.4, -0.2) is 11.5 Å². The summed E-state index contributed by atoms with van der Waals surface area (Å²) in [6.07, 6.45) is -5.51. The zero-order valence-corrected chi connectivity index (χ0v) is 6.05. The second kappa shape index (κ2) is 3.47. The van der Waals surface area contributed by atoms with Crippen LogP contribution < -0.4 is 0 Å². The first-order valence-corrected chi connectivity index (χ1v) is 3.33. The van der Waals surface area contributed by atoms with Crippen molar-refractivity contribution in [3.8, 4) is 5.75 Å². The summed E-state index contributed by atoms with van der Waals surface area (Å²) in [7, 11) is 0. The molecule has 0 aliphatic heterocycles. The molecule has 0 saturated carbocycles. The van der Waals surface area contributed by atoms with Gasteiger partial charge < -0.3 is 5.11 Å². The molecule has 1 aromatic carbocycles. The predicted octanol–water partition coefficient (Wildman–Crippen LogP) is 2.67. The van der Waals surface area contributed by atoms with E-state index in [0.29, 0.717) is 0 Å². The minimum atomic E-state index is -3.10. The van der Waals surface area contributed by atoms with Gasteiger partial charge in [0.15, 0.2) is 6.17 Å². The molecular weight excluding hydrogens is 169 g/mol. The first-order valence-electron chi connectivity index (χ1n) is 3.33. The van der Waals surface area contributed by atoms with Crippen molar-refractivity contribution in [3.05, 3.63) is 29.8 Å². The van der Waals surface area contributed by atoms with E-state index >= 15 is 0 Å². The second-order valence-electron chi connectivity index (χ2n) is 2.30. The van der Waals surface area contributed by atoms with Crippen molar-refractivity contribution in [2.75, 3.05) is 0 Å². The summed E-state index contributed by atoms with van der Waals surface area (Å²) >= 11 is 0. The molecule has 0 fully saturated rings. The minimum absolute atomic E-state index is 0.368. The second-order valence-corrected chi connectivity index (χ2v) is 2.30. The van der Waals surface area contributed by atoms with E-state index in [1.807, 2.05) is 0 Å². The van der Waals surface area contributed by atoms with Gasteiger partial charge in [0, 0.05) is 5.56 Å². The van der Waals surface area contributed by atoms with E-state index in [-0.39, 0.29) is 5.56 Å². The number of alkyl halides is 3. The average molecular weight is 176 g/mol. The monoisotopic (exact) mass is 176 g/mol. The highest BCUT2D eigenvalue weighted by Gasteiger charge is 2.23. The zero-order valence-electron chi connectivity index (χ0n) is 6.05. The summed E-state index contributed by atoms with van der Waals surface area (Å²) in [5.41, 5.74) is -0.368. The highest BCUT2D eigenvalue weighted by molar-refractivity contribution is 5.33. The molecule has 0 spiro atoms. The molecular formula is C8H7F3O. The summed E-state index contributed by atoms with van der Waals surface area (Å²) in [6, 6.07) is 5.14. The molecule has 1 atom stereocenters. The zero-order chi connectivity index (χ0) is 9.14. The van der Waals surface area contributed by atoms with Gasteiger partial charge in [-0.05, 0) is 6.07 Å².